The Hall–Kier alpha value is -1.88. The molecule has 2 rings (SSSR count). The molecule has 0 spiro atoms. The summed E-state index contributed by atoms with van der Waals surface area (Å²) in [5.74, 6) is -0.148. The van der Waals surface area contributed by atoms with Gasteiger partial charge in [-0.05, 0) is 25.1 Å². The van der Waals surface area contributed by atoms with Crippen LogP contribution in [-0.2, 0) is 9.53 Å². The number of aromatic nitrogens is 1. The van der Waals surface area contributed by atoms with Crippen molar-refractivity contribution in [1.82, 2.24) is 4.98 Å². The summed E-state index contributed by atoms with van der Waals surface area (Å²) in [7, 11) is 0. The van der Waals surface area contributed by atoms with Crippen molar-refractivity contribution in [1.29, 1.82) is 0 Å². The van der Waals surface area contributed by atoms with Gasteiger partial charge in [-0.1, -0.05) is 0 Å². The first kappa shape index (κ1) is 12.6. The second kappa shape index (κ2) is 5.64. The lowest BCUT2D eigenvalue weighted by molar-refractivity contribution is -0.131. The Morgan fingerprint density at radius 3 is 3.22 bits per heavy atom. The van der Waals surface area contributed by atoms with Crippen molar-refractivity contribution in [3.8, 4) is 0 Å². The lowest BCUT2D eigenvalue weighted by atomic mass is 10.2. The van der Waals surface area contributed by atoms with Crippen LogP contribution in [0.1, 0.15) is 12.5 Å². The molecule has 0 amide bonds. The molecule has 0 aromatic carbocycles. The van der Waals surface area contributed by atoms with Gasteiger partial charge in [0.2, 0.25) is 0 Å². The molecule has 18 heavy (non-hydrogen) atoms. The van der Waals surface area contributed by atoms with Crippen molar-refractivity contribution in [3.05, 3.63) is 30.0 Å². The molecule has 1 N–H and O–H groups in total. The number of anilines is 1. The first-order valence-electron chi connectivity index (χ1n) is 5.89. The number of carboxylic acids is 1. The Balaban J connectivity index is 2.28. The van der Waals surface area contributed by atoms with Crippen molar-refractivity contribution < 1.29 is 14.6 Å². The summed E-state index contributed by atoms with van der Waals surface area (Å²) in [5, 5.41) is 8.69. The number of ether oxygens (including phenoxy) is 1. The maximum absolute atomic E-state index is 10.6. The third-order valence-electron chi connectivity index (χ3n) is 2.86. The van der Waals surface area contributed by atoms with Crippen LogP contribution >= 0.6 is 0 Å². The minimum absolute atomic E-state index is 0.241. The fourth-order valence-corrected chi connectivity index (χ4v) is 1.98. The van der Waals surface area contributed by atoms with Crippen molar-refractivity contribution in [2.45, 2.75) is 13.0 Å². The van der Waals surface area contributed by atoms with Gasteiger partial charge in [-0.2, -0.15) is 0 Å². The maximum Gasteiger partial charge on any atom is 0.328 e. The number of morpholine rings is 1. The monoisotopic (exact) mass is 248 g/mol. The molecule has 0 bridgehead atoms. The Labute approximate surface area is 106 Å². The molecule has 1 aliphatic rings. The number of carbonyl (C=O) groups is 1. The summed E-state index contributed by atoms with van der Waals surface area (Å²) >= 11 is 0. The Morgan fingerprint density at radius 2 is 2.50 bits per heavy atom. The molecular formula is C13H16N2O3. The summed E-state index contributed by atoms with van der Waals surface area (Å²) in [6.45, 7) is 4.17. The van der Waals surface area contributed by atoms with Crippen molar-refractivity contribution in [2.75, 3.05) is 24.7 Å². The zero-order valence-corrected chi connectivity index (χ0v) is 10.2. The first-order chi connectivity index (χ1) is 8.68. The second-order valence-corrected chi connectivity index (χ2v) is 4.21. The zero-order valence-electron chi connectivity index (χ0n) is 10.2. The number of pyridine rings is 1. The average Bonchev–Trinajstić information content (AvgIpc) is 2.37. The summed E-state index contributed by atoms with van der Waals surface area (Å²) in [6, 6.07) is 3.91. The number of hydrogen-bond acceptors (Lipinski definition) is 4. The van der Waals surface area contributed by atoms with Gasteiger partial charge in [-0.25, -0.2) is 9.78 Å². The van der Waals surface area contributed by atoms with Crippen molar-refractivity contribution in [2.24, 2.45) is 0 Å². The predicted octanol–water partition coefficient (Wildman–Crippen LogP) is 1.40. The van der Waals surface area contributed by atoms with E-state index in [9.17, 15) is 4.79 Å². The lowest BCUT2D eigenvalue weighted by Gasteiger charge is -2.35. The van der Waals surface area contributed by atoms with Crippen LogP contribution in [0.2, 0.25) is 0 Å². The van der Waals surface area contributed by atoms with Gasteiger partial charge in [0.25, 0.3) is 0 Å². The molecule has 96 valence electrons. The molecule has 0 radical (unpaired) electrons. The summed E-state index contributed by atoms with van der Waals surface area (Å²) in [6.07, 6.45) is 4.42. The third-order valence-corrected chi connectivity index (χ3v) is 2.86. The zero-order chi connectivity index (χ0) is 13.0. The Morgan fingerprint density at radius 1 is 1.67 bits per heavy atom. The van der Waals surface area contributed by atoms with E-state index in [1.165, 1.54) is 0 Å². The van der Waals surface area contributed by atoms with E-state index in [1.807, 2.05) is 6.07 Å². The van der Waals surface area contributed by atoms with Crippen LogP contribution in [0, 0.1) is 0 Å². The molecule has 1 atom stereocenters. The van der Waals surface area contributed by atoms with E-state index in [4.69, 9.17) is 9.84 Å². The van der Waals surface area contributed by atoms with Crippen molar-refractivity contribution >= 4 is 17.9 Å². The van der Waals surface area contributed by atoms with E-state index in [2.05, 4.69) is 16.8 Å². The Bertz CT molecular complexity index is 459. The highest BCUT2D eigenvalue weighted by Crippen LogP contribution is 2.22. The van der Waals surface area contributed by atoms with Gasteiger partial charge in [-0.3, -0.25) is 0 Å². The molecule has 1 aliphatic heterocycles. The highest BCUT2D eigenvalue weighted by atomic mass is 16.5. The molecular weight excluding hydrogens is 232 g/mol. The van der Waals surface area contributed by atoms with Crippen LogP contribution in [-0.4, -0.2) is 41.9 Å². The lowest BCUT2D eigenvalue weighted by Crippen LogP contribution is -2.44. The molecule has 5 heteroatoms. The third kappa shape index (κ3) is 2.87. The molecule has 1 aromatic heterocycles. The Kier molecular flexibility index (Phi) is 3.94. The van der Waals surface area contributed by atoms with Crippen molar-refractivity contribution in [3.63, 3.8) is 0 Å². The summed E-state index contributed by atoms with van der Waals surface area (Å²) in [5.41, 5.74) is 0.814. The molecule has 1 fully saturated rings. The van der Waals surface area contributed by atoms with Crippen LogP contribution < -0.4 is 4.90 Å². The topological polar surface area (TPSA) is 62.7 Å². The quantitative estimate of drug-likeness (QED) is 0.819. The average molecular weight is 248 g/mol. The summed E-state index contributed by atoms with van der Waals surface area (Å²) in [4.78, 5) is 17.1. The maximum atomic E-state index is 10.6. The van der Waals surface area contributed by atoms with Crippen LogP contribution in [0.15, 0.2) is 24.4 Å². The van der Waals surface area contributed by atoms with E-state index < -0.39 is 5.97 Å². The van der Waals surface area contributed by atoms with Crippen LogP contribution in [0.4, 0.5) is 5.82 Å². The van der Waals surface area contributed by atoms with Gasteiger partial charge < -0.3 is 14.7 Å². The fraction of sp³-hybridized carbons (Fsp3) is 0.385. The number of nitrogens with zero attached hydrogens (tertiary/aromatic N) is 2. The van der Waals surface area contributed by atoms with E-state index >= 15 is 0 Å². The SMILES string of the molecule is CC1COCCN1c1ncccc1/C=C/C(=O)O. The summed E-state index contributed by atoms with van der Waals surface area (Å²) < 4.78 is 5.39. The van der Waals surface area contributed by atoms with E-state index in [-0.39, 0.29) is 6.04 Å². The molecule has 0 saturated carbocycles. The number of hydrogen-bond donors (Lipinski definition) is 1. The smallest absolute Gasteiger partial charge is 0.328 e. The van der Waals surface area contributed by atoms with E-state index in [0.29, 0.717) is 13.2 Å². The number of carboxylic acid groups (broad SMARTS) is 1. The van der Waals surface area contributed by atoms with Gasteiger partial charge in [0, 0.05) is 24.4 Å². The normalized spacial score (nSPS) is 20.3. The molecule has 1 unspecified atom stereocenters. The predicted molar refractivity (Wildman–Crippen MR) is 68.5 cm³/mol. The minimum Gasteiger partial charge on any atom is -0.478 e. The van der Waals surface area contributed by atoms with E-state index in [0.717, 1.165) is 24.0 Å². The highest BCUT2D eigenvalue weighted by molar-refractivity contribution is 5.86. The minimum atomic E-state index is -0.958. The van der Waals surface area contributed by atoms with Gasteiger partial charge in [0.05, 0.1) is 19.3 Å². The first-order valence-corrected chi connectivity index (χ1v) is 5.89. The highest BCUT2D eigenvalue weighted by Gasteiger charge is 2.21. The van der Waals surface area contributed by atoms with Gasteiger partial charge in [0.15, 0.2) is 0 Å². The fourth-order valence-electron chi connectivity index (χ4n) is 1.98. The molecule has 5 nitrogen and oxygen atoms in total. The largest absolute Gasteiger partial charge is 0.478 e. The molecule has 2 heterocycles. The van der Waals surface area contributed by atoms with Gasteiger partial charge in [0.1, 0.15) is 5.82 Å². The molecule has 1 aromatic rings. The second-order valence-electron chi connectivity index (χ2n) is 4.21. The van der Waals surface area contributed by atoms with Crippen LogP contribution in [0.5, 0.6) is 0 Å². The number of rotatable bonds is 3. The van der Waals surface area contributed by atoms with Crippen LogP contribution in [0.3, 0.4) is 0 Å². The van der Waals surface area contributed by atoms with E-state index in [1.54, 1.807) is 18.3 Å². The number of aliphatic carboxylic acids is 1. The van der Waals surface area contributed by atoms with Crippen LogP contribution in [0.25, 0.3) is 6.08 Å². The molecule has 1 saturated heterocycles. The van der Waals surface area contributed by atoms with Gasteiger partial charge >= 0.3 is 5.97 Å². The molecule has 0 aliphatic carbocycles. The van der Waals surface area contributed by atoms with Gasteiger partial charge in [-0.15, -0.1) is 0 Å². The standard InChI is InChI=1S/C13H16N2O3/c1-10-9-18-8-7-15(10)13-11(3-2-6-14-13)4-5-12(16)17/h2-6,10H,7-9H2,1H3,(H,16,17)/b5-4+.